The highest BCUT2D eigenvalue weighted by Gasteiger charge is 2.13. The van der Waals surface area contributed by atoms with Gasteiger partial charge in [-0.1, -0.05) is 27.7 Å². The molecule has 0 unspecified atom stereocenters. The third-order valence-corrected chi connectivity index (χ3v) is 3.75. The van der Waals surface area contributed by atoms with E-state index in [1.165, 1.54) is 0 Å². The summed E-state index contributed by atoms with van der Waals surface area (Å²) in [6.07, 6.45) is 3.41. The van der Waals surface area contributed by atoms with Crippen LogP contribution in [0.2, 0.25) is 0 Å². The molecule has 0 aliphatic heterocycles. The zero-order valence-corrected chi connectivity index (χ0v) is 14.7. The van der Waals surface area contributed by atoms with Crippen LogP contribution in [-0.2, 0) is 0 Å². The summed E-state index contributed by atoms with van der Waals surface area (Å²) in [5.74, 6) is 2.74. The van der Waals surface area contributed by atoms with Gasteiger partial charge < -0.3 is 14.2 Å². The molecule has 0 aromatic heterocycles. The summed E-state index contributed by atoms with van der Waals surface area (Å²) in [7, 11) is 0. The first kappa shape index (κ1) is 18.2. The lowest BCUT2D eigenvalue weighted by molar-refractivity contribution is 0.464. The van der Waals surface area contributed by atoms with Gasteiger partial charge in [0.25, 0.3) is 12.5 Å². The van der Waals surface area contributed by atoms with E-state index in [1.54, 1.807) is 36.8 Å². The molecule has 0 aliphatic rings. The minimum absolute atomic E-state index is 0.185. The van der Waals surface area contributed by atoms with Crippen molar-refractivity contribution in [2.75, 3.05) is 0 Å². The fourth-order valence-electron chi connectivity index (χ4n) is 2.50. The van der Waals surface area contributed by atoms with Gasteiger partial charge in [-0.2, -0.15) is 0 Å². The maximum absolute atomic E-state index is 8.74. The van der Waals surface area contributed by atoms with Crippen LogP contribution >= 0.6 is 0 Å². The molecular weight excluding hydrogens is 316 g/mol. The Morgan fingerprint density at radius 2 is 1.12 bits per heavy atom. The molecule has 2 rings (SSSR count). The molecule has 0 amide bonds. The molecule has 0 N–H and O–H groups in total. The standard InChI is InChI=1S/C20H20N2O3/c1-13(2)17-9-15(5-7-19(17)23-11-21)25-16-6-8-20(24-12-22)18(10-16)14(3)4/h5-10,13-14H,1-4H3. The summed E-state index contributed by atoms with van der Waals surface area (Å²) < 4.78 is 15.9. The molecule has 0 saturated heterocycles. The summed E-state index contributed by atoms with van der Waals surface area (Å²) in [5.41, 5.74) is 1.79. The van der Waals surface area contributed by atoms with E-state index in [1.807, 2.05) is 39.8 Å². The molecule has 0 saturated carbocycles. The number of rotatable bonds is 6. The number of hydrogen-bond acceptors (Lipinski definition) is 5. The molecule has 2 aromatic rings. The summed E-state index contributed by atoms with van der Waals surface area (Å²) in [6, 6.07) is 10.7. The first-order chi connectivity index (χ1) is 12.0. The molecular formula is C20H20N2O3. The van der Waals surface area contributed by atoms with Crippen molar-refractivity contribution in [3.8, 4) is 35.5 Å². The highest BCUT2D eigenvalue weighted by Crippen LogP contribution is 2.35. The van der Waals surface area contributed by atoms with Gasteiger partial charge in [0, 0.05) is 11.1 Å². The first-order valence-corrected chi connectivity index (χ1v) is 8.03. The molecule has 5 heteroatoms. The predicted molar refractivity (Wildman–Crippen MR) is 93.6 cm³/mol. The van der Waals surface area contributed by atoms with Crippen molar-refractivity contribution in [2.45, 2.75) is 39.5 Å². The minimum atomic E-state index is 0.185. The summed E-state index contributed by atoms with van der Waals surface area (Å²) in [4.78, 5) is 0. The van der Waals surface area contributed by atoms with Crippen LogP contribution in [0.15, 0.2) is 36.4 Å². The molecule has 0 atom stereocenters. The minimum Gasteiger partial charge on any atom is -0.457 e. The Morgan fingerprint density at radius 1 is 0.720 bits per heavy atom. The highest BCUT2D eigenvalue weighted by atomic mass is 16.5. The molecule has 0 heterocycles. The smallest absolute Gasteiger partial charge is 0.292 e. The fraction of sp³-hybridized carbons (Fsp3) is 0.300. The van der Waals surface area contributed by atoms with Crippen LogP contribution in [0.25, 0.3) is 0 Å². The average molecular weight is 336 g/mol. The predicted octanol–water partition coefficient (Wildman–Crippen LogP) is 5.45. The third-order valence-electron chi connectivity index (χ3n) is 3.75. The van der Waals surface area contributed by atoms with Crippen molar-refractivity contribution >= 4 is 0 Å². The van der Waals surface area contributed by atoms with Crippen LogP contribution in [0.5, 0.6) is 23.0 Å². The van der Waals surface area contributed by atoms with Crippen molar-refractivity contribution in [3.63, 3.8) is 0 Å². The largest absolute Gasteiger partial charge is 0.457 e. The van der Waals surface area contributed by atoms with E-state index in [-0.39, 0.29) is 11.8 Å². The Balaban J connectivity index is 2.33. The third kappa shape index (κ3) is 4.43. The van der Waals surface area contributed by atoms with Crippen molar-refractivity contribution in [2.24, 2.45) is 0 Å². The summed E-state index contributed by atoms with van der Waals surface area (Å²) in [6.45, 7) is 8.09. The van der Waals surface area contributed by atoms with Crippen molar-refractivity contribution < 1.29 is 14.2 Å². The van der Waals surface area contributed by atoms with Crippen molar-refractivity contribution in [1.82, 2.24) is 0 Å². The normalized spacial score (nSPS) is 10.2. The second-order valence-corrected chi connectivity index (χ2v) is 6.20. The van der Waals surface area contributed by atoms with Gasteiger partial charge in [-0.15, -0.1) is 10.5 Å². The van der Waals surface area contributed by atoms with Crippen LogP contribution in [0, 0.1) is 23.0 Å². The fourth-order valence-corrected chi connectivity index (χ4v) is 2.50. The molecule has 0 fully saturated rings. The van der Waals surface area contributed by atoms with Crippen LogP contribution in [0.3, 0.4) is 0 Å². The average Bonchev–Trinajstić information content (AvgIpc) is 2.57. The second kappa shape index (κ2) is 8.08. The zero-order chi connectivity index (χ0) is 18.4. The zero-order valence-electron chi connectivity index (χ0n) is 14.7. The number of nitriles is 2. The van der Waals surface area contributed by atoms with E-state index in [4.69, 9.17) is 24.7 Å². The Morgan fingerprint density at radius 3 is 1.44 bits per heavy atom. The van der Waals surface area contributed by atoms with Crippen LogP contribution in [-0.4, -0.2) is 0 Å². The van der Waals surface area contributed by atoms with Crippen LogP contribution < -0.4 is 14.2 Å². The van der Waals surface area contributed by atoms with Gasteiger partial charge in [-0.25, -0.2) is 0 Å². The van der Waals surface area contributed by atoms with Gasteiger partial charge in [0.15, 0.2) is 0 Å². The topological polar surface area (TPSA) is 75.3 Å². The molecule has 5 nitrogen and oxygen atoms in total. The van der Waals surface area contributed by atoms with Crippen molar-refractivity contribution in [3.05, 3.63) is 47.5 Å². The first-order valence-electron chi connectivity index (χ1n) is 8.03. The maximum atomic E-state index is 8.74. The van der Waals surface area contributed by atoms with Gasteiger partial charge in [-0.05, 0) is 48.2 Å². The monoisotopic (exact) mass is 336 g/mol. The van der Waals surface area contributed by atoms with Crippen LogP contribution in [0.4, 0.5) is 0 Å². The van der Waals surface area contributed by atoms with E-state index < -0.39 is 0 Å². The molecule has 0 bridgehead atoms. The molecule has 0 aliphatic carbocycles. The molecule has 2 aromatic carbocycles. The van der Waals surface area contributed by atoms with Gasteiger partial charge in [0.1, 0.15) is 23.0 Å². The van der Waals surface area contributed by atoms with E-state index >= 15 is 0 Å². The molecule has 0 spiro atoms. The number of ether oxygens (including phenoxy) is 3. The quantitative estimate of drug-likeness (QED) is 0.656. The number of hydrogen-bond donors (Lipinski definition) is 0. The Kier molecular flexibility index (Phi) is 5.87. The lowest BCUT2D eigenvalue weighted by Crippen LogP contribution is -1.97. The number of nitrogens with zero attached hydrogens (tertiary/aromatic N) is 2. The van der Waals surface area contributed by atoms with E-state index in [0.29, 0.717) is 23.0 Å². The lowest BCUT2D eigenvalue weighted by Gasteiger charge is -2.15. The molecule has 0 radical (unpaired) electrons. The highest BCUT2D eigenvalue weighted by molar-refractivity contribution is 5.47. The van der Waals surface area contributed by atoms with Gasteiger partial charge >= 0.3 is 0 Å². The summed E-state index contributed by atoms with van der Waals surface area (Å²) >= 11 is 0. The van der Waals surface area contributed by atoms with E-state index in [0.717, 1.165) is 11.1 Å². The van der Waals surface area contributed by atoms with Gasteiger partial charge in [0.2, 0.25) is 0 Å². The summed E-state index contributed by atoms with van der Waals surface area (Å²) in [5, 5.41) is 17.5. The number of benzene rings is 2. The van der Waals surface area contributed by atoms with E-state index in [2.05, 4.69) is 0 Å². The second-order valence-electron chi connectivity index (χ2n) is 6.20. The van der Waals surface area contributed by atoms with Crippen molar-refractivity contribution in [1.29, 1.82) is 10.5 Å². The SMILES string of the molecule is CC(C)c1cc(Oc2ccc(OC#N)c(C(C)C)c2)ccc1OC#N. The molecule has 25 heavy (non-hydrogen) atoms. The van der Waals surface area contributed by atoms with E-state index in [9.17, 15) is 0 Å². The van der Waals surface area contributed by atoms with Gasteiger partial charge in [0.05, 0.1) is 0 Å². The maximum Gasteiger partial charge on any atom is 0.292 e. The lowest BCUT2D eigenvalue weighted by atomic mass is 10.0. The van der Waals surface area contributed by atoms with Gasteiger partial charge in [-0.3, -0.25) is 0 Å². The Labute approximate surface area is 148 Å². The molecule has 128 valence electrons. The van der Waals surface area contributed by atoms with Crippen LogP contribution in [0.1, 0.15) is 50.7 Å². The Bertz CT molecular complexity index is 760. The Hall–Kier alpha value is -3.18.